The monoisotopic (exact) mass is 339 g/mol. The Bertz CT molecular complexity index is 813. The summed E-state index contributed by atoms with van der Waals surface area (Å²) >= 11 is 17.8. The van der Waals surface area contributed by atoms with Crippen molar-refractivity contribution in [2.24, 2.45) is 0 Å². The smallest absolute Gasteiger partial charge is 0.219 e. The van der Waals surface area contributed by atoms with E-state index >= 15 is 0 Å². The van der Waals surface area contributed by atoms with Crippen LogP contribution in [0.4, 0.5) is 0 Å². The van der Waals surface area contributed by atoms with Gasteiger partial charge in [-0.1, -0.05) is 34.8 Å². The van der Waals surface area contributed by atoms with E-state index in [0.717, 1.165) is 5.39 Å². The van der Waals surface area contributed by atoms with Gasteiger partial charge < -0.3 is 9.84 Å². The van der Waals surface area contributed by atoms with Crippen LogP contribution in [0.15, 0.2) is 42.5 Å². The number of nitrogens with zero attached hydrogens (tertiary/aromatic N) is 1. The number of hydrogen-bond donors (Lipinski definition) is 1. The number of rotatable bonds is 2. The highest BCUT2D eigenvalue weighted by Gasteiger charge is 2.08. The molecule has 0 amide bonds. The standard InChI is InChI=1S/C15H8Cl3NO2/c16-11-6-10(7-12(17)15(11)18)21-14-4-1-8-5-9(20)2-3-13(8)19-14/h1-7,20H. The molecular weight excluding hydrogens is 333 g/mol. The molecule has 6 heteroatoms. The minimum absolute atomic E-state index is 0.189. The quantitative estimate of drug-likeness (QED) is 0.609. The first kappa shape index (κ1) is 14.3. The van der Waals surface area contributed by atoms with Gasteiger partial charge in [0.1, 0.15) is 11.5 Å². The summed E-state index contributed by atoms with van der Waals surface area (Å²) in [5, 5.41) is 11.1. The van der Waals surface area contributed by atoms with Crippen molar-refractivity contribution in [1.82, 2.24) is 4.98 Å². The third-order valence-electron chi connectivity index (χ3n) is 2.83. The SMILES string of the molecule is Oc1ccc2nc(Oc3cc(Cl)c(Cl)c(Cl)c3)ccc2c1. The summed E-state index contributed by atoms with van der Waals surface area (Å²) in [5.41, 5.74) is 0.705. The Morgan fingerprint density at radius 3 is 2.33 bits per heavy atom. The fourth-order valence-electron chi connectivity index (χ4n) is 1.86. The van der Waals surface area contributed by atoms with E-state index in [9.17, 15) is 5.11 Å². The van der Waals surface area contributed by atoms with Crippen LogP contribution >= 0.6 is 34.8 Å². The van der Waals surface area contributed by atoms with Crippen LogP contribution in [0.3, 0.4) is 0 Å². The molecule has 0 fully saturated rings. The van der Waals surface area contributed by atoms with E-state index < -0.39 is 0 Å². The lowest BCUT2D eigenvalue weighted by molar-refractivity contribution is 0.464. The van der Waals surface area contributed by atoms with Crippen LogP contribution in [-0.4, -0.2) is 10.1 Å². The molecule has 1 N–H and O–H groups in total. The molecule has 0 aliphatic carbocycles. The number of aromatic nitrogens is 1. The number of phenolic OH excluding ortho intramolecular Hbond substituents is 1. The highest BCUT2D eigenvalue weighted by Crippen LogP contribution is 2.35. The number of aromatic hydroxyl groups is 1. The van der Waals surface area contributed by atoms with Gasteiger partial charge >= 0.3 is 0 Å². The van der Waals surface area contributed by atoms with Crippen LogP contribution in [0.1, 0.15) is 0 Å². The molecule has 0 aliphatic heterocycles. The van der Waals surface area contributed by atoms with Crippen LogP contribution in [0.5, 0.6) is 17.4 Å². The van der Waals surface area contributed by atoms with E-state index in [4.69, 9.17) is 39.5 Å². The van der Waals surface area contributed by atoms with Gasteiger partial charge in [-0.25, -0.2) is 4.98 Å². The van der Waals surface area contributed by atoms with E-state index in [-0.39, 0.29) is 10.8 Å². The zero-order valence-electron chi connectivity index (χ0n) is 10.5. The highest BCUT2D eigenvalue weighted by atomic mass is 35.5. The second-order valence-corrected chi connectivity index (χ2v) is 5.52. The topological polar surface area (TPSA) is 42.4 Å². The molecule has 0 saturated heterocycles. The molecule has 3 nitrogen and oxygen atoms in total. The fraction of sp³-hybridized carbons (Fsp3) is 0. The summed E-state index contributed by atoms with van der Waals surface area (Å²) in [7, 11) is 0. The fourth-order valence-corrected chi connectivity index (χ4v) is 2.44. The summed E-state index contributed by atoms with van der Waals surface area (Å²) in [4.78, 5) is 4.34. The van der Waals surface area contributed by atoms with Gasteiger partial charge in [-0.2, -0.15) is 0 Å². The Labute approximate surface area is 135 Å². The van der Waals surface area contributed by atoms with E-state index in [1.807, 2.05) is 0 Å². The molecule has 2 aromatic carbocycles. The number of pyridine rings is 1. The molecule has 21 heavy (non-hydrogen) atoms. The van der Waals surface area contributed by atoms with E-state index in [2.05, 4.69) is 4.98 Å². The molecule has 0 spiro atoms. The number of phenols is 1. The number of hydrogen-bond acceptors (Lipinski definition) is 3. The van der Waals surface area contributed by atoms with Gasteiger partial charge in [0.15, 0.2) is 0 Å². The lowest BCUT2D eigenvalue weighted by atomic mass is 10.2. The summed E-state index contributed by atoms with van der Waals surface area (Å²) in [6.45, 7) is 0. The third kappa shape index (κ3) is 3.00. The summed E-state index contributed by atoms with van der Waals surface area (Å²) in [6.07, 6.45) is 0. The third-order valence-corrected chi connectivity index (χ3v) is 4.02. The van der Waals surface area contributed by atoms with Crippen molar-refractivity contribution in [3.8, 4) is 17.4 Å². The maximum absolute atomic E-state index is 9.42. The van der Waals surface area contributed by atoms with Crippen LogP contribution in [0, 0.1) is 0 Å². The molecule has 3 rings (SSSR count). The molecule has 0 saturated carbocycles. The van der Waals surface area contributed by atoms with Crippen LogP contribution < -0.4 is 4.74 Å². The first-order valence-corrected chi connectivity index (χ1v) is 7.08. The lowest BCUT2D eigenvalue weighted by Crippen LogP contribution is -1.89. The molecule has 1 aromatic heterocycles. The second kappa shape index (κ2) is 5.60. The molecule has 0 radical (unpaired) electrons. The minimum atomic E-state index is 0.189. The molecule has 0 bridgehead atoms. The Hall–Kier alpha value is -1.68. The lowest BCUT2D eigenvalue weighted by Gasteiger charge is -2.08. The van der Waals surface area contributed by atoms with E-state index in [1.165, 1.54) is 0 Å². The molecule has 1 heterocycles. The van der Waals surface area contributed by atoms with Crippen molar-refractivity contribution in [1.29, 1.82) is 0 Å². The average molecular weight is 341 g/mol. The number of benzene rings is 2. The largest absolute Gasteiger partial charge is 0.508 e. The molecular formula is C15H8Cl3NO2. The molecule has 106 valence electrons. The molecule has 0 unspecified atom stereocenters. The van der Waals surface area contributed by atoms with Crippen molar-refractivity contribution in [3.63, 3.8) is 0 Å². The predicted molar refractivity (Wildman–Crippen MR) is 85.0 cm³/mol. The Morgan fingerprint density at radius 1 is 0.905 bits per heavy atom. The number of fused-ring (bicyclic) bond motifs is 1. The van der Waals surface area contributed by atoms with Crippen molar-refractivity contribution in [2.45, 2.75) is 0 Å². The van der Waals surface area contributed by atoms with Crippen LogP contribution in [0.2, 0.25) is 15.1 Å². The van der Waals surface area contributed by atoms with Gasteiger partial charge in [-0.3, -0.25) is 0 Å². The molecule has 0 aliphatic rings. The Kier molecular flexibility index (Phi) is 3.81. The van der Waals surface area contributed by atoms with E-state index in [1.54, 1.807) is 42.5 Å². The van der Waals surface area contributed by atoms with Crippen molar-refractivity contribution >= 4 is 45.7 Å². The van der Waals surface area contributed by atoms with Crippen molar-refractivity contribution < 1.29 is 9.84 Å². The summed E-state index contributed by atoms with van der Waals surface area (Å²) in [5.74, 6) is 1.02. The van der Waals surface area contributed by atoms with Gasteiger partial charge in [0.2, 0.25) is 5.88 Å². The molecule has 3 aromatic rings. The van der Waals surface area contributed by atoms with Gasteiger partial charge in [-0.15, -0.1) is 0 Å². The number of halogens is 3. The summed E-state index contributed by atoms with van der Waals surface area (Å²) < 4.78 is 5.63. The molecule has 0 atom stereocenters. The van der Waals surface area contributed by atoms with Crippen LogP contribution in [-0.2, 0) is 0 Å². The van der Waals surface area contributed by atoms with Gasteiger partial charge in [0.05, 0.1) is 20.6 Å². The summed E-state index contributed by atoms with van der Waals surface area (Å²) in [6, 6.07) is 11.5. The Balaban J connectivity index is 1.96. The predicted octanol–water partition coefficient (Wildman–Crippen LogP) is 5.69. The maximum atomic E-state index is 9.42. The van der Waals surface area contributed by atoms with Crippen molar-refractivity contribution in [3.05, 3.63) is 57.5 Å². The van der Waals surface area contributed by atoms with Gasteiger partial charge in [-0.05, 0) is 24.3 Å². The van der Waals surface area contributed by atoms with E-state index in [0.29, 0.717) is 27.2 Å². The zero-order chi connectivity index (χ0) is 15.0. The minimum Gasteiger partial charge on any atom is -0.508 e. The second-order valence-electron chi connectivity index (χ2n) is 4.33. The van der Waals surface area contributed by atoms with Crippen molar-refractivity contribution in [2.75, 3.05) is 0 Å². The number of ether oxygens (including phenoxy) is 1. The van der Waals surface area contributed by atoms with Gasteiger partial charge in [0.25, 0.3) is 0 Å². The van der Waals surface area contributed by atoms with Crippen LogP contribution in [0.25, 0.3) is 10.9 Å². The first-order chi connectivity index (χ1) is 10.0. The zero-order valence-corrected chi connectivity index (χ0v) is 12.7. The maximum Gasteiger partial charge on any atom is 0.219 e. The van der Waals surface area contributed by atoms with Gasteiger partial charge in [0, 0.05) is 23.6 Å². The Morgan fingerprint density at radius 2 is 1.62 bits per heavy atom. The average Bonchev–Trinajstić information content (AvgIpc) is 2.45. The highest BCUT2D eigenvalue weighted by molar-refractivity contribution is 6.48. The first-order valence-electron chi connectivity index (χ1n) is 5.95. The normalized spacial score (nSPS) is 10.8.